The van der Waals surface area contributed by atoms with Gasteiger partial charge in [-0.3, -0.25) is 5.41 Å². The van der Waals surface area contributed by atoms with E-state index in [0.29, 0.717) is 16.8 Å². The van der Waals surface area contributed by atoms with Gasteiger partial charge in [0.05, 0.1) is 5.10 Å². The molecule has 7 nitrogen and oxygen atoms in total. The summed E-state index contributed by atoms with van der Waals surface area (Å²) in [5.74, 6) is -0.415. The molecule has 0 fully saturated rings. The van der Waals surface area contributed by atoms with E-state index in [2.05, 4.69) is 12.0 Å². The van der Waals surface area contributed by atoms with Gasteiger partial charge in [0.15, 0.2) is 5.52 Å². The van der Waals surface area contributed by atoms with Gasteiger partial charge in [0.25, 0.3) is 5.52 Å². The molecule has 26 heavy (non-hydrogen) atoms. The summed E-state index contributed by atoms with van der Waals surface area (Å²) in [6, 6.07) is 6.60. The van der Waals surface area contributed by atoms with Gasteiger partial charge in [-0.15, -0.1) is 4.73 Å². The summed E-state index contributed by atoms with van der Waals surface area (Å²) in [5, 5.41) is 23.0. The Labute approximate surface area is 153 Å². The number of hydrogen-bond donors (Lipinski definition) is 1. The van der Waals surface area contributed by atoms with Gasteiger partial charge in [-0.25, -0.2) is 4.79 Å². The lowest BCUT2D eigenvalue weighted by Gasteiger charge is -2.09. The van der Waals surface area contributed by atoms with Crippen LogP contribution in [0.5, 0.6) is 0 Å². The average Bonchev–Trinajstić information content (AvgIpc) is 2.64. The second-order valence-corrected chi connectivity index (χ2v) is 6.52. The van der Waals surface area contributed by atoms with Crippen LogP contribution < -0.4 is 15.3 Å². The van der Waals surface area contributed by atoms with Gasteiger partial charge in [-0.05, 0) is 17.3 Å². The molecular formula is C19H28N4O3. The maximum atomic E-state index is 12.1. The zero-order chi connectivity index (χ0) is 18.8. The molecule has 0 atom stereocenters. The van der Waals surface area contributed by atoms with Crippen molar-refractivity contribution in [3.63, 3.8) is 0 Å². The van der Waals surface area contributed by atoms with Gasteiger partial charge in [0.2, 0.25) is 0 Å². The fourth-order valence-electron chi connectivity index (χ4n) is 2.91. The highest BCUT2D eigenvalue weighted by Gasteiger charge is 2.14. The number of unbranched alkanes of at least 4 members (excludes halogenated alkanes) is 8. The van der Waals surface area contributed by atoms with Crippen molar-refractivity contribution in [1.29, 1.82) is 5.41 Å². The zero-order valence-electron chi connectivity index (χ0n) is 15.4. The lowest BCUT2D eigenvalue weighted by atomic mass is 10.1. The zero-order valence-corrected chi connectivity index (χ0v) is 15.4. The molecule has 0 radical (unpaired) electrons. The highest BCUT2D eigenvalue weighted by atomic mass is 16.7. The van der Waals surface area contributed by atoms with Crippen molar-refractivity contribution in [1.82, 2.24) is 9.83 Å². The van der Waals surface area contributed by atoms with Gasteiger partial charge < -0.3 is 10.0 Å². The van der Waals surface area contributed by atoms with E-state index in [0.717, 1.165) is 24.0 Å². The van der Waals surface area contributed by atoms with E-state index in [1.165, 1.54) is 38.5 Å². The van der Waals surface area contributed by atoms with Crippen molar-refractivity contribution in [3.8, 4) is 0 Å². The highest BCUT2D eigenvalue weighted by molar-refractivity contribution is 5.73. The minimum atomic E-state index is -0.415. The molecule has 0 unspecified atom stereocenters. The van der Waals surface area contributed by atoms with Crippen molar-refractivity contribution in [2.45, 2.75) is 71.1 Å². The van der Waals surface area contributed by atoms with Crippen LogP contribution in [-0.4, -0.2) is 15.8 Å². The van der Waals surface area contributed by atoms with E-state index in [4.69, 9.17) is 10.2 Å². The van der Waals surface area contributed by atoms with Gasteiger partial charge in [0, 0.05) is 12.5 Å². The highest BCUT2D eigenvalue weighted by Crippen LogP contribution is 2.11. The molecule has 2 aromatic rings. The van der Waals surface area contributed by atoms with Gasteiger partial charge in [0.1, 0.15) is 0 Å². The van der Waals surface area contributed by atoms with Crippen LogP contribution in [0.3, 0.4) is 0 Å². The Bertz CT molecular complexity index is 773. The first-order valence-corrected chi connectivity index (χ1v) is 9.51. The third kappa shape index (κ3) is 5.82. The van der Waals surface area contributed by atoms with Crippen molar-refractivity contribution >= 4 is 17.0 Å². The average molecular weight is 360 g/mol. The summed E-state index contributed by atoms with van der Waals surface area (Å²) >= 11 is 0. The molecule has 1 aromatic heterocycles. The van der Waals surface area contributed by atoms with Crippen LogP contribution in [0.4, 0.5) is 0 Å². The van der Waals surface area contributed by atoms with E-state index >= 15 is 0 Å². The number of nitrogens with one attached hydrogen (secondary N) is 1. The van der Waals surface area contributed by atoms with Crippen LogP contribution in [0.2, 0.25) is 0 Å². The minimum Gasteiger partial charge on any atom is -0.594 e. The number of carbonyl (C=O) groups excluding carboxylic acids is 1. The van der Waals surface area contributed by atoms with E-state index in [1.54, 1.807) is 24.3 Å². The molecule has 0 aliphatic rings. The molecule has 0 aliphatic carbocycles. The monoisotopic (exact) mass is 360 g/mol. The van der Waals surface area contributed by atoms with Crippen molar-refractivity contribution in [3.05, 3.63) is 35.1 Å². The van der Waals surface area contributed by atoms with Crippen LogP contribution in [0.1, 0.15) is 71.1 Å². The molecule has 7 heteroatoms. The normalized spacial score (nSPS) is 11.0. The first kappa shape index (κ1) is 19.9. The van der Waals surface area contributed by atoms with Crippen molar-refractivity contribution in [2.75, 3.05) is 0 Å². The van der Waals surface area contributed by atoms with Gasteiger partial charge in [-0.2, -0.15) is 0 Å². The summed E-state index contributed by atoms with van der Waals surface area (Å²) < 4.78 is 1.01. The molecule has 0 amide bonds. The first-order valence-electron chi connectivity index (χ1n) is 9.51. The van der Waals surface area contributed by atoms with E-state index in [1.807, 2.05) is 0 Å². The maximum absolute atomic E-state index is 12.1. The summed E-state index contributed by atoms with van der Waals surface area (Å²) in [7, 11) is 0. The number of rotatable bonds is 11. The Balaban J connectivity index is 1.77. The van der Waals surface area contributed by atoms with Crippen LogP contribution in [0, 0.1) is 10.6 Å². The number of para-hydroxylation sites is 2. The number of carbonyl (C=O) groups is 1. The predicted molar refractivity (Wildman–Crippen MR) is 98.0 cm³/mol. The lowest BCUT2D eigenvalue weighted by molar-refractivity contribution is -0.645. The number of fused-ring (bicyclic) bond motifs is 1. The molecule has 0 aliphatic heterocycles. The predicted octanol–water partition coefficient (Wildman–Crippen LogP) is 3.03. The lowest BCUT2D eigenvalue weighted by Crippen LogP contribution is -2.45. The fourth-order valence-corrected chi connectivity index (χ4v) is 2.91. The molecule has 1 aromatic carbocycles. The standard InChI is InChI=1S/C19H28N4O3/c1-2-3-4-5-6-7-8-9-10-15-18(24)26-22-16-13-11-12-14-17(16)23(25)21-19(22)20/h11-14,20H,2-10,15H2,1H3. The number of nitrogens with zero attached hydrogens (tertiary/aromatic N) is 3. The fraction of sp³-hybridized carbons (Fsp3) is 0.579. The molecule has 0 saturated heterocycles. The smallest absolute Gasteiger partial charge is 0.333 e. The Morgan fingerprint density at radius 2 is 1.73 bits per heavy atom. The van der Waals surface area contributed by atoms with E-state index in [-0.39, 0.29) is 5.52 Å². The molecule has 2 rings (SSSR count). The van der Waals surface area contributed by atoms with Crippen LogP contribution in [0.25, 0.3) is 11.0 Å². The number of hydrogen-bond acceptors (Lipinski definition) is 5. The summed E-state index contributed by atoms with van der Waals surface area (Å²) in [6.45, 7) is 2.22. The minimum absolute atomic E-state index is 0.249. The van der Waals surface area contributed by atoms with Crippen molar-refractivity contribution < 1.29 is 14.5 Å². The summed E-state index contributed by atoms with van der Waals surface area (Å²) in [6.07, 6.45) is 10.9. The van der Waals surface area contributed by atoms with Crippen LogP contribution in [0.15, 0.2) is 24.3 Å². The molecule has 0 saturated carbocycles. The largest absolute Gasteiger partial charge is 0.594 e. The second kappa shape index (κ2) is 10.5. The third-order valence-electron chi connectivity index (χ3n) is 4.36. The Morgan fingerprint density at radius 3 is 2.42 bits per heavy atom. The SMILES string of the molecule is CCCCCCCCCCCC(=O)On1c(=N)n[n+]([O-])c2ccccc21. The molecule has 1 N–H and O–H groups in total. The van der Waals surface area contributed by atoms with Gasteiger partial charge >= 0.3 is 11.6 Å². The van der Waals surface area contributed by atoms with Gasteiger partial charge in [-0.1, -0.05) is 70.4 Å². The summed E-state index contributed by atoms with van der Waals surface area (Å²) in [5.41, 5.74) is 0.196. The topological polar surface area (TPSA) is 94.9 Å². The Kier molecular flexibility index (Phi) is 8.05. The molecule has 1 heterocycles. The van der Waals surface area contributed by atoms with E-state index < -0.39 is 11.6 Å². The first-order chi connectivity index (χ1) is 12.6. The Hall–Kier alpha value is -2.44. The summed E-state index contributed by atoms with van der Waals surface area (Å²) in [4.78, 5) is 17.7. The molecular weight excluding hydrogens is 332 g/mol. The Morgan fingerprint density at radius 1 is 1.12 bits per heavy atom. The molecule has 0 spiro atoms. The van der Waals surface area contributed by atoms with E-state index in [9.17, 15) is 10.0 Å². The maximum Gasteiger partial charge on any atom is 0.333 e. The number of aromatic nitrogens is 3. The number of benzene rings is 1. The van der Waals surface area contributed by atoms with Crippen LogP contribution in [-0.2, 0) is 4.79 Å². The quantitative estimate of drug-likeness (QED) is 0.378. The third-order valence-corrected chi connectivity index (χ3v) is 4.36. The van der Waals surface area contributed by atoms with Crippen molar-refractivity contribution in [2.24, 2.45) is 0 Å². The van der Waals surface area contributed by atoms with Crippen LogP contribution >= 0.6 is 0 Å². The molecule has 0 bridgehead atoms. The second-order valence-electron chi connectivity index (χ2n) is 6.52. The molecule has 142 valence electrons.